The highest BCUT2D eigenvalue weighted by molar-refractivity contribution is 7.08. The van der Waals surface area contributed by atoms with E-state index in [1.807, 2.05) is 94.3 Å². The van der Waals surface area contributed by atoms with E-state index in [2.05, 4.69) is 0 Å². The molecule has 0 fully saturated rings. The number of carbonyl (C=O) groups is 2. The molecule has 0 radical (unpaired) electrons. The molecule has 68 heavy (non-hydrogen) atoms. The summed E-state index contributed by atoms with van der Waals surface area (Å²) in [5, 5.41) is 7.82. The van der Waals surface area contributed by atoms with Crippen LogP contribution in [0.2, 0.25) is 0 Å². The van der Waals surface area contributed by atoms with E-state index < -0.39 is 0 Å². The van der Waals surface area contributed by atoms with Gasteiger partial charge in [-0.05, 0) is 123 Å². The molecule has 1 atom stereocenters. The number of carbonyl (C=O) groups excluding carboxylic acids is 2. The van der Waals surface area contributed by atoms with Crippen molar-refractivity contribution >= 4 is 34.6 Å². The van der Waals surface area contributed by atoms with Crippen LogP contribution in [0.25, 0.3) is 22.3 Å². The van der Waals surface area contributed by atoms with Crippen LogP contribution >= 0.6 is 22.7 Å². The lowest BCUT2D eigenvalue weighted by molar-refractivity contribution is 0.000901. The number of benzene rings is 4. The van der Waals surface area contributed by atoms with Gasteiger partial charge in [-0.15, -0.1) is 22.7 Å². The molecule has 2 aliphatic rings. The lowest BCUT2D eigenvalue weighted by Crippen LogP contribution is -2.33. The summed E-state index contributed by atoms with van der Waals surface area (Å²) in [6, 6.07) is 30.9. The van der Waals surface area contributed by atoms with Crippen LogP contribution in [0.1, 0.15) is 73.1 Å². The van der Waals surface area contributed by atoms with Crippen LogP contribution in [-0.4, -0.2) is 90.2 Å². The van der Waals surface area contributed by atoms with Crippen LogP contribution in [0.15, 0.2) is 119 Å². The molecular formula is C54H60O12S2. The number of thiophene rings is 2. The minimum atomic E-state index is -0.297. The summed E-state index contributed by atoms with van der Waals surface area (Å²) in [6.45, 7) is 9.22. The van der Waals surface area contributed by atoms with Crippen LogP contribution in [0, 0.1) is 0 Å². The van der Waals surface area contributed by atoms with E-state index in [-0.39, 0.29) is 24.1 Å². The smallest absolute Gasteiger partial charge is 0.338 e. The third-order valence-corrected chi connectivity index (χ3v) is 12.2. The molecule has 0 saturated heterocycles. The van der Waals surface area contributed by atoms with Gasteiger partial charge in [0.25, 0.3) is 0 Å². The Morgan fingerprint density at radius 2 is 0.912 bits per heavy atom. The minimum Gasteiger partial charge on any atom is -0.494 e. The fraction of sp³-hybridized carbons (Fsp3) is 0.370. The molecule has 0 aliphatic carbocycles. The highest BCUT2D eigenvalue weighted by atomic mass is 32.1. The van der Waals surface area contributed by atoms with Gasteiger partial charge in [-0.25, -0.2) is 9.59 Å². The SMILES string of the molecule is CCOC(=O)c1ccc(-c2ccc(OCCCCCOC3COc4cscc4OC3)cc2)cc1.CCOC(=O)c1ccc(-c2ccc(OCCCCCOCC3COc4cscc4O3)cc2)cc1. The van der Waals surface area contributed by atoms with Gasteiger partial charge in [-0.2, -0.15) is 0 Å². The predicted molar refractivity (Wildman–Crippen MR) is 264 cm³/mol. The number of hydrogen-bond acceptors (Lipinski definition) is 14. The Balaban J connectivity index is 0.000000201. The molecule has 2 aliphatic heterocycles. The van der Waals surface area contributed by atoms with Gasteiger partial charge in [0.05, 0.1) is 44.2 Å². The van der Waals surface area contributed by atoms with Gasteiger partial charge in [-0.3, -0.25) is 0 Å². The van der Waals surface area contributed by atoms with Gasteiger partial charge < -0.3 is 47.4 Å². The van der Waals surface area contributed by atoms with E-state index in [0.717, 1.165) is 95.3 Å². The Labute approximate surface area is 406 Å². The van der Waals surface area contributed by atoms with E-state index in [1.165, 1.54) is 0 Å². The summed E-state index contributed by atoms with van der Waals surface area (Å²) in [4.78, 5) is 23.6. The molecular weight excluding hydrogens is 905 g/mol. The Bertz CT molecular complexity index is 2360. The fourth-order valence-corrected chi connectivity index (χ4v) is 8.51. The van der Waals surface area contributed by atoms with Crippen LogP contribution in [0.4, 0.5) is 0 Å². The normalized spacial score (nSPS) is 13.9. The molecule has 8 rings (SSSR count). The first kappa shape index (κ1) is 49.8. The molecule has 0 spiro atoms. The van der Waals surface area contributed by atoms with Crippen LogP contribution in [0.5, 0.6) is 34.5 Å². The number of hydrogen-bond donors (Lipinski definition) is 0. The maximum atomic E-state index is 11.8. The predicted octanol–water partition coefficient (Wildman–Crippen LogP) is 12.0. The summed E-state index contributed by atoms with van der Waals surface area (Å²) < 4.78 is 56.4. The maximum Gasteiger partial charge on any atom is 0.338 e. The lowest BCUT2D eigenvalue weighted by atomic mass is 10.0. The average molecular weight is 965 g/mol. The highest BCUT2D eigenvalue weighted by Crippen LogP contribution is 2.36. The van der Waals surface area contributed by atoms with E-state index in [4.69, 9.17) is 47.4 Å². The molecule has 12 nitrogen and oxygen atoms in total. The van der Waals surface area contributed by atoms with Crippen molar-refractivity contribution < 1.29 is 57.0 Å². The van der Waals surface area contributed by atoms with Crippen molar-refractivity contribution in [2.24, 2.45) is 0 Å². The van der Waals surface area contributed by atoms with E-state index >= 15 is 0 Å². The molecule has 6 aromatic rings. The topological polar surface area (TPSA) is 126 Å². The summed E-state index contributed by atoms with van der Waals surface area (Å²) in [5.74, 6) is 4.39. The average Bonchev–Trinajstić information content (AvgIpc) is 4.01. The Morgan fingerprint density at radius 3 is 1.40 bits per heavy atom. The van der Waals surface area contributed by atoms with E-state index in [1.54, 1.807) is 60.8 Å². The van der Waals surface area contributed by atoms with Gasteiger partial charge in [0.1, 0.15) is 37.4 Å². The van der Waals surface area contributed by atoms with Crippen molar-refractivity contribution in [1.29, 1.82) is 0 Å². The molecule has 14 heteroatoms. The Kier molecular flexibility index (Phi) is 19.8. The molecule has 2 aromatic heterocycles. The van der Waals surface area contributed by atoms with Crippen LogP contribution in [0.3, 0.4) is 0 Å². The van der Waals surface area contributed by atoms with Crippen LogP contribution < -0.4 is 28.4 Å². The lowest BCUT2D eigenvalue weighted by Gasteiger charge is -2.24. The van der Waals surface area contributed by atoms with Gasteiger partial charge in [0.2, 0.25) is 0 Å². The molecule has 0 saturated carbocycles. The second-order valence-corrected chi connectivity index (χ2v) is 17.4. The van der Waals surface area contributed by atoms with Gasteiger partial charge >= 0.3 is 11.9 Å². The second-order valence-electron chi connectivity index (χ2n) is 15.9. The zero-order valence-electron chi connectivity index (χ0n) is 38.7. The van der Waals surface area contributed by atoms with Crippen molar-refractivity contribution in [3.05, 3.63) is 130 Å². The van der Waals surface area contributed by atoms with Gasteiger partial charge in [0, 0.05) is 34.7 Å². The molecule has 4 heterocycles. The molecule has 0 amide bonds. The summed E-state index contributed by atoms with van der Waals surface area (Å²) >= 11 is 3.16. The first-order valence-electron chi connectivity index (χ1n) is 23.3. The first-order chi connectivity index (χ1) is 33.4. The van der Waals surface area contributed by atoms with Crippen molar-refractivity contribution in [1.82, 2.24) is 0 Å². The van der Waals surface area contributed by atoms with Crippen molar-refractivity contribution in [3.8, 4) is 56.8 Å². The molecule has 4 aromatic carbocycles. The number of unbranched alkanes of at least 4 members (excludes halogenated alkanes) is 4. The highest BCUT2D eigenvalue weighted by Gasteiger charge is 2.22. The zero-order chi connectivity index (χ0) is 47.2. The summed E-state index contributed by atoms with van der Waals surface area (Å²) in [5.41, 5.74) is 5.34. The number of ether oxygens (including phenoxy) is 10. The summed E-state index contributed by atoms with van der Waals surface area (Å²) in [7, 11) is 0. The Morgan fingerprint density at radius 1 is 0.500 bits per heavy atom. The van der Waals surface area contributed by atoms with Crippen molar-refractivity contribution in [2.75, 3.05) is 66.1 Å². The monoisotopic (exact) mass is 964 g/mol. The largest absolute Gasteiger partial charge is 0.494 e. The molecule has 0 bridgehead atoms. The third-order valence-electron chi connectivity index (χ3n) is 10.8. The van der Waals surface area contributed by atoms with E-state index in [9.17, 15) is 9.59 Å². The molecule has 360 valence electrons. The number of esters is 2. The van der Waals surface area contributed by atoms with Crippen LogP contribution in [-0.2, 0) is 18.9 Å². The number of rotatable bonds is 23. The summed E-state index contributed by atoms with van der Waals surface area (Å²) in [6.07, 6.45) is 5.91. The maximum absolute atomic E-state index is 11.8. The fourth-order valence-electron chi connectivity index (χ4n) is 7.16. The standard InChI is InChI=1S/2C27H30O6S/c1-2-30-27(28)22-8-6-20(7-9-22)21-10-12-23(13-11-21)31-15-5-3-4-14-29-16-24-17-32-25-18-34-19-26(25)33-24;1-2-29-27(28)22-8-6-20(7-9-22)21-10-12-23(13-11-21)30-14-4-3-5-15-31-24-16-32-25-18-34-19-26(25)33-17-24/h2*6-13,18-19,24H,2-5,14-17H2,1H3. The third kappa shape index (κ3) is 15.5. The van der Waals surface area contributed by atoms with E-state index in [0.29, 0.717) is 77.2 Å². The number of fused-ring (bicyclic) bond motifs is 2. The first-order valence-corrected chi connectivity index (χ1v) is 25.2. The Hall–Kier alpha value is -6.06. The molecule has 0 N–H and O–H groups in total. The molecule has 1 unspecified atom stereocenters. The zero-order valence-corrected chi connectivity index (χ0v) is 40.4. The van der Waals surface area contributed by atoms with Crippen molar-refractivity contribution in [3.63, 3.8) is 0 Å². The van der Waals surface area contributed by atoms with Gasteiger partial charge in [0.15, 0.2) is 29.1 Å². The van der Waals surface area contributed by atoms with Crippen molar-refractivity contribution in [2.45, 2.75) is 64.6 Å². The van der Waals surface area contributed by atoms with Gasteiger partial charge in [-0.1, -0.05) is 48.5 Å². The second kappa shape index (κ2) is 27.1. The quantitative estimate of drug-likeness (QED) is 0.0448. The minimum absolute atomic E-state index is 0.0338.